The number of hydrogen-bond acceptors (Lipinski definition) is 4. The predicted molar refractivity (Wildman–Crippen MR) is 83.1 cm³/mol. The molecule has 0 saturated carbocycles. The topological polar surface area (TPSA) is 61.8 Å². The molecule has 22 heavy (non-hydrogen) atoms. The van der Waals surface area contributed by atoms with Crippen LogP contribution in [0.3, 0.4) is 0 Å². The van der Waals surface area contributed by atoms with Gasteiger partial charge >= 0.3 is 7.05 Å². The fourth-order valence-corrected chi connectivity index (χ4v) is 2.83. The molecule has 5 nitrogen and oxygen atoms in total. The van der Waals surface area contributed by atoms with E-state index in [2.05, 4.69) is 5.32 Å². The highest BCUT2D eigenvalue weighted by atomic mass is 19.1. The second kappa shape index (κ2) is 6.10. The van der Waals surface area contributed by atoms with Crippen molar-refractivity contribution in [2.45, 2.75) is 19.7 Å². The molecule has 1 saturated heterocycles. The molecule has 1 aromatic rings. The Balaban J connectivity index is 1.87. The molecule has 1 aromatic carbocycles. The monoisotopic (exact) mass is 304 g/mol. The van der Waals surface area contributed by atoms with Crippen LogP contribution in [0.4, 0.5) is 10.1 Å². The molecule has 2 N–H and O–H groups in total. The van der Waals surface area contributed by atoms with Crippen molar-refractivity contribution in [3.63, 3.8) is 0 Å². The zero-order valence-electron chi connectivity index (χ0n) is 12.4. The summed E-state index contributed by atoms with van der Waals surface area (Å²) in [5.74, 6) is -0.477. The molecule has 0 aromatic heterocycles. The quantitative estimate of drug-likeness (QED) is 0.817. The van der Waals surface area contributed by atoms with Gasteiger partial charge < -0.3 is 19.9 Å². The van der Waals surface area contributed by atoms with Crippen molar-refractivity contribution in [2.75, 3.05) is 25.0 Å². The Labute approximate surface area is 128 Å². The number of carbonyl (C=O) groups is 1. The maximum absolute atomic E-state index is 14.5. The average molecular weight is 304 g/mol. The largest absolute Gasteiger partial charge is 0.481 e. The van der Waals surface area contributed by atoms with Crippen molar-refractivity contribution >= 4 is 24.7 Å². The minimum absolute atomic E-state index is 0.0871. The first kappa shape index (κ1) is 15.1. The minimum atomic E-state index is -0.509. The molecule has 116 valence electrons. The lowest BCUT2D eigenvalue weighted by atomic mass is 9.82. The Morgan fingerprint density at radius 2 is 2.32 bits per heavy atom. The third-order valence-corrected chi connectivity index (χ3v) is 3.99. The van der Waals surface area contributed by atoms with Gasteiger partial charge in [0.05, 0.1) is 0 Å². The van der Waals surface area contributed by atoms with E-state index in [9.17, 15) is 14.2 Å². The fourth-order valence-electron chi connectivity index (χ4n) is 2.83. The van der Waals surface area contributed by atoms with Crippen LogP contribution < -0.4 is 10.1 Å². The number of halogens is 1. The van der Waals surface area contributed by atoms with Crippen LogP contribution in [0.5, 0.6) is 5.75 Å². The number of nitrogens with one attached hydrogen (secondary N) is 1. The van der Waals surface area contributed by atoms with Gasteiger partial charge in [0.15, 0.2) is 12.4 Å². The molecule has 2 aliphatic rings. The van der Waals surface area contributed by atoms with Crippen LogP contribution in [-0.2, 0) is 4.79 Å². The molecule has 0 spiro atoms. The zero-order valence-corrected chi connectivity index (χ0v) is 12.4. The average Bonchev–Trinajstić information content (AvgIpc) is 2.51. The van der Waals surface area contributed by atoms with Crippen LogP contribution in [-0.4, -0.2) is 42.5 Å². The highest BCUT2D eigenvalue weighted by Gasteiger charge is 2.23. The molecule has 0 unspecified atom stereocenters. The summed E-state index contributed by atoms with van der Waals surface area (Å²) in [4.78, 5) is 13.3. The summed E-state index contributed by atoms with van der Waals surface area (Å²) in [6, 6.07) is 3.32. The van der Waals surface area contributed by atoms with E-state index in [-0.39, 0.29) is 18.2 Å². The molecule has 0 atom stereocenters. The summed E-state index contributed by atoms with van der Waals surface area (Å²) in [5, 5.41) is 12.2. The van der Waals surface area contributed by atoms with Gasteiger partial charge in [0, 0.05) is 12.1 Å². The first-order valence-corrected chi connectivity index (χ1v) is 7.41. The lowest BCUT2D eigenvalue weighted by Crippen LogP contribution is -2.41. The van der Waals surface area contributed by atoms with E-state index in [1.54, 1.807) is 25.0 Å². The van der Waals surface area contributed by atoms with E-state index < -0.39 is 12.9 Å². The van der Waals surface area contributed by atoms with Crippen LogP contribution in [0.25, 0.3) is 6.08 Å². The van der Waals surface area contributed by atoms with Gasteiger partial charge in [-0.2, -0.15) is 0 Å². The van der Waals surface area contributed by atoms with E-state index in [0.29, 0.717) is 17.9 Å². The molecule has 7 heteroatoms. The number of hydrogen-bond donors (Lipinski definition) is 2. The number of rotatable bonds is 2. The Hall–Kier alpha value is -1.86. The molecule has 2 aliphatic heterocycles. The van der Waals surface area contributed by atoms with Crippen LogP contribution >= 0.6 is 0 Å². The highest BCUT2D eigenvalue weighted by molar-refractivity contribution is 6.45. The number of piperidine rings is 1. The maximum Gasteiger partial charge on any atom is 0.376 e. The molecule has 2 heterocycles. The van der Waals surface area contributed by atoms with E-state index in [1.807, 2.05) is 4.81 Å². The second-order valence-electron chi connectivity index (χ2n) is 5.69. The van der Waals surface area contributed by atoms with E-state index in [1.165, 1.54) is 0 Å². The first-order chi connectivity index (χ1) is 10.5. The Kier molecular flexibility index (Phi) is 4.17. The van der Waals surface area contributed by atoms with Gasteiger partial charge in [-0.1, -0.05) is 11.6 Å². The van der Waals surface area contributed by atoms with Gasteiger partial charge in [0.2, 0.25) is 0 Å². The second-order valence-corrected chi connectivity index (χ2v) is 5.69. The SMILES string of the molecule is CB(O)N1CCCC(=Cc2ccc3c(c2F)NC(=O)CO3)C1. The Morgan fingerprint density at radius 3 is 3.09 bits per heavy atom. The third-order valence-electron chi connectivity index (χ3n) is 3.99. The van der Waals surface area contributed by atoms with Crippen molar-refractivity contribution in [3.05, 3.63) is 29.1 Å². The van der Waals surface area contributed by atoms with Gasteiger partial charge in [-0.25, -0.2) is 4.39 Å². The Morgan fingerprint density at radius 1 is 1.50 bits per heavy atom. The number of nitrogens with zero attached hydrogens (tertiary/aromatic N) is 1. The molecular weight excluding hydrogens is 286 g/mol. The van der Waals surface area contributed by atoms with Crippen LogP contribution in [0.1, 0.15) is 18.4 Å². The fraction of sp³-hybridized carbons (Fsp3) is 0.400. The number of carbonyl (C=O) groups excluding carboxylic acids is 1. The minimum Gasteiger partial charge on any atom is -0.481 e. The number of benzene rings is 1. The van der Waals surface area contributed by atoms with E-state index in [4.69, 9.17) is 4.74 Å². The number of anilines is 1. The molecule has 1 fully saturated rings. The van der Waals surface area contributed by atoms with Crippen molar-refractivity contribution in [1.29, 1.82) is 0 Å². The lowest BCUT2D eigenvalue weighted by Gasteiger charge is -2.29. The molecular formula is C15H18BFN2O3. The van der Waals surface area contributed by atoms with Gasteiger partial charge in [-0.15, -0.1) is 0 Å². The van der Waals surface area contributed by atoms with Gasteiger partial charge in [0.1, 0.15) is 11.4 Å². The van der Waals surface area contributed by atoms with Crippen LogP contribution in [0.15, 0.2) is 17.7 Å². The predicted octanol–water partition coefficient (Wildman–Crippen LogP) is 1.75. The molecule has 0 aliphatic carbocycles. The number of amides is 1. The number of fused-ring (bicyclic) bond motifs is 1. The maximum atomic E-state index is 14.5. The van der Waals surface area contributed by atoms with Crippen molar-refractivity contribution in [3.8, 4) is 5.75 Å². The smallest absolute Gasteiger partial charge is 0.376 e. The molecule has 0 radical (unpaired) electrons. The van der Waals surface area contributed by atoms with Gasteiger partial charge in [-0.05, 0) is 38.3 Å². The summed E-state index contributed by atoms with van der Waals surface area (Å²) < 4.78 is 19.7. The normalized spacial score (nSPS) is 20.3. The highest BCUT2D eigenvalue weighted by Crippen LogP contribution is 2.33. The third kappa shape index (κ3) is 3.00. The Bertz CT molecular complexity index is 633. The van der Waals surface area contributed by atoms with Gasteiger partial charge in [0.25, 0.3) is 5.91 Å². The summed E-state index contributed by atoms with van der Waals surface area (Å²) in [6.45, 7) is 3.11. The summed E-state index contributed by atoms with van der Waals surface area (Å²) >= 11 is 0. The first-order valence-electron chi connectivity index (χ1n) is 7.41. The van der Waals surface area contributed by atoms with Crippen LogP contribution in [0.2, 0.25) is 6.82 Å². The zero-order chi connectivity index (χ0) is 15.7. The molecule has 1 amide bonds. The van der Waals surface area contributed by atoms with Crippen molar-refractivity contribution in [1.82, 2.24) is 4.81 Å². The van der Waals surface area contributed by atoms with Crippen molar-refractivity contribution in [2.24, 2.45) is 0 Å². The van der Waals surface area contributed by atoms with Crippen molar-refractivity contribution < 1.29 is 18.9 Å². The van der Waals surface area contributed by atoms with E-state index >= 15 is 0 Å². The molecule has 3 rings (SSSR count). The summed E-state index contributed by atoms with van der Waals surface area (Å²) in [5.41, 5.74) is 1.59. The lowest BCUT2D eigenvalue weighted by molar-refractivity contribution is -0.118. The molecule has 0 bridgehead atoms. The standard InChI is InChI=1S/C15H18BFN2O3/c1-16(21)19-6-2-3-10(8-19)7-11-4-5-12-15(14(11)17)18-13(20)9-22-12/h4-5,7,21H,2-3,6,8-9H2,1H3,(H,18,20). The summed E-state index contributed by atoms with van der Waals surface area (Å²) in [6.07, 6.45) is 3.61. The van der Waals surface area contributed by atoms with E-state index in [0.717, 1.165) is 25.0 Å². The number of ether oxygens (including phenoxy) is 1. The summed E-state index contributed by atoms with van der Waals surface area (Å²) in [7, 11) is -0.509. The van der Waals surface area contributed by atoms with Gasteiger partial charge in [-0.3, -0.25) is 4.79 Å². The van der Waals surface area contributed by atoms with Crippen LogP contribution in [0, 0.1) is 5.82 Å².